The van der Waals surface area contributed by atoms with E-state index < -0.39 is 0 Å². The lowest BCUT2D eigenvalue weighted by Gasteiger charge is -2.22. The van der Waals surface area contributed by atoms with Crippen LogP contribution < -0.4 is 10.6 Å². The van der Waals surface area contributed by atoms with E-state index in [9.17, 15) is 0 Å². The van der Waals surface area contributed by atoms with Crippen LogP contribution in [0.4, 0.5) is 0 Å². The molecule has 1 aliphatic rings. The van der Waals surface area contributed by atoms with Gasteiger partial charge in [-0.3, -0.25) is 0 Å². The van der Waals surface area contributed by atoms with Gasteiger partial charge in [0, 0.05) is 18.1 Å². The molecule has 0 saturated heterocycles. The van der Waals surface area contributed by atoms with E-state index in [1.807, 2.05) is 0 Å². The van der Waals surface area contributed by atoms with Gasteiger partial charge in [-0.05, 0) is 19.9 Å². The smallest absolute Gasteiger partial charge is 0.0223 e. The van der Waals surface area contributed by atoms with Crippen molar-refractivity contribution in [3.63, 3.8) is 0 Å². The fourth-order valence-corrected chi connectivity index (χ4v) is 1.93. The average Bonchev–Trinajstić information content (AvgIpc) is 2.34. The lowest BCUT2D eigenvalue weighted by atomic mass is 10.1. The van der Waals surface area contributed by atoms with Crippen molar-refractivity contribution in [2.24, 2.45) is 0 Å². The lowest BCUT2D eigenvalue weighted by Crippen LogP contribution is -2.45. The fraction of sp³-hybridized carbons (Fsp3) is 1.00. The fourth-order valence-electron chi connectivity index (χ4n) is 1.93. The molecule has 2 N–H and O–H groups in total. The van der Waals surface area contributed by atoms with Crippen LogP contribution in [0.15, 0.2) is 0 Å². The molecule has 0 bridgehead atoms. The summed E-state index contributed by atoms with van der Waals surface area (Å²) in [4.78, 5) is 0. The molecule has 2 heteroatoms. The minimum Gasteiger partial charge on any atom is -0.315 e. The molecule has 0 radical (unpaired) electrons. The Hall–Kier alpha value is -0.0800. The summed E-state index contributed by atoms with van der Waals surface area (Å²) in [5, 5.41) is 6.94. The number of nitrogens with one attached hydrogen (secondary N) is 2. The van der Waals surface area contributed by atoms with Crippen LogP contribution in [-0.2, 0) is 0 Å². The van der Waals surface area contributed by atoms with Gasteiger partial charge in [-0.15, -0.1) is 0 Å². The molecular weight excluding hydrogens is 136 g/mol. The zero-order chi connectivity index (χ0) is 8.27. The van der Waals surface area contributed by atoms with Gasteiger partial charge in [-0.1, -0.05) is 20.3 Å². The van der Waals surface area contributed by atoms with Crippen molar-refractivity contribution in [1.82, 2.24) is 10.6 Å². The predicted molar refractivity (Wildman–Crippen MR) is 48.8 cm³/mol. The molecule has 1 fully saturated rings. The Morgan fingerprint density at radius 1 is 1.18 bits per heavy atom. The molecule has 0 aromatic carbocycles. The second kappa shape index (κ2) is 4.07. The van der Waals surface area contributed by atoms with Gasteiger partial charge in [0.2, 0.25) is 0 Å². The van der Waals surface area contributed by atoms with Crippen molar-refractivity contribution >= 4 is 0 Å². The van der Waals surface area contributed by atoms with E-state index in [1.165, 1.54) is 19.3 Å². The second-order valence-corrected chi connectivity index (χ2v) is 3.75. The normalized spacial score (nSPS) is 31.6. The summed E-state index contributed by atoms with van der Waals surface area (Å²) < 4.78 is 0. The maximum absolute atomic E-state index is 3.58. The third kappa shape index (κ3) is 2.46. The Kier molecular flexibility index (Phi) is 3.34. The van der Waals surface area contributed by atoms with Crippen molar-refractivity contribution in [2.45, 2.75) is 51.2 Å². The highest BCUT2D eigenvalue weighted by molar-refractivity contribution is 4.88. The van der Waals surface area contributed by atoms with Crippen LogP contribution in [0.25, 0.3) is 0 Å². The third-order valence-corrected chi connectivity index (χ3v) is 2.43. The molecular formula is C9H20N2. The molecule has 0 aromatic rings. The van der Waals surface area contributed by atoms with Gasteiger partial charge in [0.15, 0.2) is 0 Å². The minimum absolute atomic E-state index is 0.619. The first-order valence-corrected chi connectivity index (χ1v) is 4.67. The molecule has 66 valence electrons. The summed E-state index contributed by atoms with van der Waals surface area (Å²) in [7, 11) is 2.06. The maximum Gasteiger partial charge on any atom is 0.0223 e. The van der Waals surface area contributed by atoms with Crippen LogP contribution >= 0.6 is 0 Å². The van der Waals surface area contributed by atoms with E-state index in [-0.39, 0.29) is 0 Å². The summed E-state index contributed by atoms with van der Waals surface area (Å²) in [6.07, 6.45) is 4.04. The first kappa shape index (κ1) is 9.01. The summed E-state index contributed by atoms with van der Waals surface area (Å²) >= 11 is 0. The largest absolute Gasteiger partial charge is 0.315 e. The molecule has 0 aromatic heterocycles. The highest BCUT2D eigenvalue weighted by Crippen LogP contribution is 2.18. The summed E-state index contributed by atoms with van der Waals surface area (Å²) in [5.41, 5.74) is 0. The van der Waals surface area contributed by atoms with Gasteiger partial charge in [-0.2, -0.15) is 0 Å². The minimum atomic E-state index is 0.619. The molecule has 0 aliphatic heterocycles. The molecule has 2 unspecified atom stereocenters. The van der Waals surface area contributed by atoms with Crippen LogP contribution in [-0.4, -0.2) is 25.2 Å². The Labute approximate surface area is 69.8 Å². The summed E-state index contributed by atoms with van der Waals surface area (Å²) in [5.74, 6) is 0. The van der Waals surface area contributed by atoms with Crippen LogP contribution in [0, 0.1) is 0 Å². The van der Waals surface area contributed by atoms with Crippen molar-refractivity contribution in [3.8, 4) is 0 Å². The third-order valence-electron chi connectivity index (χ3n) is 2.43. The molecule has 2 nitrogen and oxygen atoms in total. The van der Waals surface area contributed by atoms with Crippen LogP contribution in [0.5, 0.6) is 0 Å². The maximum atomic E-state index is 3.58. The number of hydrogen-bond acceptors (Lipinski definition) is 2. The Morgan fingerprint density at radius 3 is 2.36 bits per heavy atom. The first-order valence-electron chi connectivity index (χ1n) is 4.67. The number of rotatable bonds is 3. The lowest BCUT2D eigenvalue weighted by molar-refractivity contribution is 0.401. The van der Waals surface area contributed by atoms with E-state index in [4.69, 9.17) is 0 Å². The van der Waals surface area contributed by atoms with E-state index >= 15 is 0 Å². The van der Waals surface area contributed by atoms with E-state index in [0.717, 1.165) is 0 Å². The zero-order valence-corrected chi connectivity index (χ0v) is 7.85. The van der Waals surface area contributed by atoms with Gasteiger partial charge >= 0.3 is 0 Å². The molecule has 0 amide bonds. The number of hydrogen-bond donors (Lipinski definition) is 2. The van der Waals surface area contributed by atoms with Gasteiger partial charge in [0.25, 0.3) is 0 Å². The van der Waals surface area contributed by atoms with E-state index in [1.54, 1.807) is 0 Å². The molecule has 11 heavy (non-hydrogen) atoms. The molecule has 0 spiro atoms. The number of likely N-dealkylation sites (N-methyl/N-ethyl adjacent to an activating group) is 1. The van der Waals surface area contributed by atoms with Gasteiger partial charge in [0.1, 0.15) is 0 Å². The summed E-state index contributed by atoms with van der Waals surface area (Å²) in [6, 6.07) is 2.03. The molecule has 2 atom stereocenters. The van der Waals surface area contributed by atoms with Crippen molar-refractivity contribution in [3.05, 3.63) is 0 Å². The van der Waals surface area contributed by atoms with Gasteiger partial charge in [-0.25, -0.2) is 0 Å². The summed E-state index contributed by atoms with van der Waals surface area (Å²) in [6.45, 7) is 4.43. The monoisotopic (exact) mass is 156 g/mol. The van der Waals surface area contributed by atoms with E-state index in [2.05, 4.69) is 31.5 Å². The Bertz CT molecular complexity index is 112. The van der Waals surface area contributed by atoms with Crippen molar-refractivity contribution in [2.75, 3.05) is 7.05 Å². The van der Waals surface area contributed by atoms with Crippen molar-refractivity contribution < 1.29 is 0 Å². The first-order chi connectivity index (χ1) is 5.24. The Balaban J connectivity index is 2.31. The Morgan fingerprint density at radius 2 is 1.82 bits per heavy atom. The van der Waals surface area contributed by atoms with Crippen LogP contribution in [0.1, 0.15) is 33.1 Å². The van der Waals surface area contributed by atoms with Gasteiger partial charge in [0.05, 0.1) is 0 Å². The molecule has 1 saturated carbocycles. The second-order valence-electron chi connectivity index (χ2n) is 3.75. The highest BCUT2D eigenvalue weighted by Gasteiger charge is 2.25. The van der Waals surface area contributed by atoms with Crippen molar-refractivity contribution in [1.29, 1.82) is 0 Å². The SMILES string of the molecule is CNC1CCCC1NC(C)C. The van der Waals surface area contributed by atoms with Gasteiger partial charge < -0.3 is 10.6 Å². The quantitative estimate of drug-likeness (QED) is 0.640. The molecule has 1 aliphatic carbocycles. The average molecular weight is 156 g/mol. The zero-order valence-electron chi connectivity index (χ0n) is 7.85. The van der Waals surface area contributed by atoms with Crippen LogP contribution in [0.3, 0.4) is 0 Å². The highest BCUT2D eigenvalue weighted by atomic mass is 15.0. The van der Waals surface area contributed by atoms with E-state index in [0.29, 0.717) is 18.1 Å². The predicted octanol–water partition coefficient (Wildman–Crippen LogP) is 1.12. The molecule has 0 heterocycles. The van der Waals surface area contributed by atoms with Crippen LogP contribution in [0.2, 0.25) is 0 Å². The topological polar surface area (TPSA) is 24.1 Å². The molecule has 1 rings (SSSR count). The standard InChI is InChI=1S/C9H20N2/c1-7(2)11-9-6-4-5-8(9)10-3/h7-11H,4-6H2,1-3H3.